The van der Waals surface area contributed by atoms with Crippen molar-refractivity contribution in [2.24, 2.45) is 0 Å². The zero-order chi connectivity index (χ0) is 32.1. The second-order valence-electron chi connectivity index (χ2n) is 12.2. The van der Waals surface area contributed by atoms with Gasteiger partial charge in [-0.05, 0) is 91.4 Å². The molecule has 5 aromatic carbocycles. The molecule has 0 aromatic heterocycles. The van der Waals surface area contributed by atoms with Gasteiger partial charge in [-0.1, -0.05) is 71.8 Å². The molecule has 0 fully saturated rings. The van der Waals surface area contributed by atoms with Gasteiger partial charge in [0.1, 0.15) is 17.2 Å². The fraction of sp³-hybridized carbons (Fsp3) is 0.231. The second kappa shape index (κ2) is 11.9. The van der Waals surface area contributed by atoms with Crippen molar-refractivity contribution in [3.63, 3.8) is 0 Å². The van der Waals surface area contributed by atoms with Crippen molar-refractivity contribution in [2.45, 2.75) is 38.3 Å². The molecule has 1 unspecified atom stereocenters. The third kappa shape index (κ3) is 4.81. The number of fused-ring (bicyclic) bond motifs is 8. The number of aryl methyl sites for hydroxylation is 2. The van der Waals surface area contributed by atoms with Gasteiger partial charge < -0.3 is 22.8 Å². The number of ether oxygens (including phenoxy) is 3. The minimum atomic E-state index is -0.886. The van der Waals surface area contributed by atoms with Crippen molar-refractivity contribution in [2.75, 3.05) is 20.8 Å². The number of methoxy groups -OCH3 is 2. The Morgan fingerprint density at radius 2 is 1.39 bits per heavy atom. The van der Waals surface area contributed by atoms with Crippen LogP contribution in [0.15, 0.2) is 91.0 Å². The van der Waals surface area contributed by atoms with E-state index in [1.807, 2.05) is 30.8 Å². The van der Waals surface area contributed by atoms with E-state index >= 15 is 0 Å². The summed E-state index contributed by atoms with van der Waals surface area (Å²) in [6.45, 7) is 9.12. The van der Waals surface area contributed by atoms with Gasteiger partial charge in [-0.3, -0.25) is 0 Å². The second-order valence-corrected chi connectivity index (χ2v) is 13.9. The van der Waals surface area contributed by atoms with Crippen molar-refractivity contribution in [3.05, 3.63) is 130 Å². The number of rotatable bonds is 9. The average molecular weight is 641 g/mol. The highest BCUT2D eigenvalue weighted by molar-refractivity contribution is 6.37. The average Bonchev–Trinajstić information content (AvgIpc) is 3.34. The molecule has 7 heteroatoms. The van der Waals surface area contributed by atoms with Gasteiger partial charge in [-0.15, -0.1) is 0 Å². The summed E-state index contributed by atoms with van der Waals surface area (Å²) in [5.41, 5.74) is 9.22. The number of hydrogen-bond acceptors (Lipinski definition) is 5. The van der Waals surface area contributed by atoms with E-state index in [2.05, 4.69) is 93.6 Å². The van der Waals surface area contributed by atoms with Crippen LogP contribution in [0.2, 0.25) is 6.55 Å². The van der Waals surface area contributed by atoms with Gasteiger partial charge in [0.2, 0.25) is 9.76 Å². The Morgan fingerprint density at radius 1 is 0.761 bits per heavy atom. The van der Waals surface area contributed by atoms with E-state index in [0.29, 0.717) is 16.4 Å². The Labute approximate surface area is 276 Å². The molecule has 4 radical (unpaired) electrons. The SMILES string of the molecule is COc1ccc(C2(c3ccc(OC)cc3)C=Cc3c4c(c5ccc(C)cc5c3O2)-c2ccc(C)cc2C4(C)CO[Si]O[Si]C)cc1. The van der Waals surface area contributed by atoms with Crippen LogP contribution in [-0.4, -0.2) is 40.6 Å². The predicted octanol–water partition coefficient (Wildman–Crippen LogP) is 8.34. The van der Waals surface area contributed by atoms with Gasteiger partial charge in [0, 0.05) is 34.1 Å². The zero-order valence-electron chi connectivity index (χ0n) is 27.0. The zero-order valence-corrected chi connectivity index (χ0v) is 29.0. The molecule has 0 saturated heterocycles. The van der Waals surface area contributed by atoms with Crippen LogP contribution in [0.25, 0.3) is 28.0 Å². The van der Waals surface area contributed by atoms with Gasteiger partial charge in [0.25, 0.3) is 0 Å². The lowest BCUT2D eigenvalue weighted by Crippen LogP contribution is -2.36. The van der Waals surface area contributed by atoms with Gasteiger partial charge in [0.15, 0.2) is 5.60 Å². The molecule has 230 valence electrons. The molecule has 1 aliphatic carbocycles. The lowest BCUT2D eigenvalue weighted by atomic mass is 9.76. The van der Waals surface area contributed by atoms with Gasteiger partial charge >= 0.3 is 10.0 Å². The Bertz CT molecular complexity index is 1920. The summed E-state index contributed by atoms with van der Waals surface area (Å²) in [6.07, 6.45) is 4.48. The fourth-order valence-electron chi connectivity index (χ4n) is 7.13. The lowest BCUT2D eigenvalue weighted by molar-refractivity contribution is 0.162. The molecule has 46 heavy (non-hydrogen) atoms. The molecule has 0 amide bonds. The van der Waals surface area contributed by atoms with Crippen LogP contribution in [0.4, 0.5) is 0 Å². The summed E-state index contributed by atoms with van der Waals surface area (Å²) in [4.78, 5) is 0. The quantitative estimate of drug-likeness (QED) is 0.120. The Balaban J connectivity index is 1.51. The standard InChI is InChI=1S/C39H36O5Si2/c1-24-7-17-30-33(21-24)37-32(36-35(30)31-18-8-25(2)22-34(31)38(36,3)23-42-46-44-45-6)19-20-39(43-37,26-9-13-28(40-4)14-10-26)27-11-15-29(41-5)16-12-27/h7-22H,23H2,1-6H3. The maximum absolute atomic E-state index is 7.46. The summed E-state index contributed by atoms with van der Waals surface area (Å²) < 4.78 is 30.4. The molecule has 1 aliphatic heterocycles. The van der Waals surface area contributed by atoms with Crippen molar-refractivity contribution < 1.29 is 22.8 Å². The van der Waals surface area contributed by atoms with Crippen molar-refractivity contribution >= 4 is 36.6 Å². The van der Waals surface area contributed by atoms with Gasteiger partial charge in [-0.25, -0.2) is 0 Å². The molecule has 0 N–H and O–H groups in total. The third-order valence-corrected chi connectivity index (χ3v) is 10.8. The molecule has 0 spiro atoms. The molecular formula is C39H36O5Si2. The third-order valence-electron chi connectivity index (χ3n) is 9.39. The summed E-state index contributed by atoms with van der Waals surface area (Å²) in [5.74, 6) is 2.46. The number of hydrogen-bond donors (Lipinski definition) is 0. The van der Waals surface area contributed by atoms with Crippen LogP contribution >= 0.6 is 0 Å². The lowest BCUT2D eigenvalue weighted by Gasteiger charge is -2.39. The molecule has 1 atom stereocenters. The molecule has 2 aliphatic rings. The first-order valence-corrected chi connectivity index (χ1v) is 17.6. The minimum Gasteiger partial charge on any atom is -0.497 e. The molecule has 0 bridgehead atoms. The minimum absolute atomic E-state index is 0.00698. The molecule has 1 heterocycles. The Hall–Kier alpha value is -4.15. The highest BCUT2D eigenvalue weighted by atomic mass is 28.3. The van der Waals surface area contributed by atoms with Gasteiger partial charge in [0.05, 0.1) is 14.2 Å². The topological polar surface area (TPSA) is 46.2 Å². The predicted molar refractivity (Wildman–Crippen MR) is 186 cm³/mol. The van der Waals surface area contributed by atoms with E-state index in [1.54, 1.807) is 14.2 Å². The molecule has 7 rings (SSSR count). The van der Waals surface area contributed by atoms with E-state index in [-0.39, 0.29) is 10.0 Å². The monoisotopic (exact) mass is 640 g/mol. The maximum Gasteiger partial charge on any atom is 0.421 e. The molecule has 5 aromatic rings. The van der Waals surface area contributed by atoms with E-state index in [0.717, 1.165) is 39.3 Å². The van der Waals surface area contributed by atoms with E-state index < -0.39 is 11.0 Å². The maximum atomic E-state index is 7.46. The van der Waals surface area contributed by atoms with Crippen LogP contribution in [-0.2, 0) is 19.6 Å². The summed E-state index contributed by atoms with van der Waals surface area (Å²) >= 11 is 0. The summed E-state index contributed by atoms with van der Waals surface area (Å²) in [5, 5.41) is 2.27. The fourth-order valence-corrected chi connectivity index (χ4v) is 8.04. The van der Waals surface area contributed by atoms with Gasteiger partial charge in [-0.2, -0.15) is 0 Å². The summed E-state index contributed by atoms with van der Waals surface area (Å²) in [7, 11) is 3.75. The van der Waals surface area contributed by atoms with Crippen LogP contribution in [0.1, 0.15) is 45.9 Å². The van der Waals surface area contributed by atoms with E-state index in [4.69, 9.17) is 22.8 Å². The first-order valence-electron chi connectivity index (χ1n) is 15.4. The first-order chi connectivity index (χ1) is 22.3. The van der Waals surface area contributed by atoms with Crippen LogP contribution < -0.4 is 14.2 Å². The Morgan fingerprint density at radius 3 is 2.02 bits per heavy atom. The number of benzene rings is 5. The molecular weight excluding hydrogens is 605 g/mol. The van der Waals surface area contributed by atoms with Crippen molar-refractivity contribution in [1.29, 1.82) is 0 Å². The normalized spacial score (nSPS) is 17.3. The first kappa shape index (κ1) is 30.5. The van der Waals surface area contributed by atoms with Crippen LogP contribution in [0, 0.1) is 13.8 Å². The smallest absolute Gasteiger partial charge is 0.421 e. The Kier molecular flexibility index (Phi) is 7.89. The van der Waals surface area contributed by atoms with E-state index in [9.17, 15) is 0 Å². The largest absolute Gasteiger partial charge is 0.497 e. The van der Waals surface area contributed by atoms with E-state index in [1.165, 1.54) is 38.8 Å². The van der Waals surface area contributed by atoms with Crippen molar-refractivity contribution in [1.82, 2.24) is 0 Å². The highest BCUT2D eigenvalue weighted by Crippen LogP contribution is 2.58. The molecule has 5 nitrogen and oxygen atoms in total. The van der Waals surface area contributed by atoms with Crippen LogP contribution in [0.5, 0.6) is 17.2 Å². The molecule has 0 saturated carbocycles. The van der Waals surface area contributed by atoms with Crippen molar-refractivity contribution in [3.8, 4) is 28.4 Å². The summed E-state index contributed by atoms with van der Waals surface area (Å²) in [6, 6.07) is 29.8. The van der Waals surface area contributed by atoms with Crippen LogP contribution in [0.3, 0.4) is 0 Å². The highest BCUT2D eigenvalue weighted by Gasteiger charge is 2.46.